The molecule has 1 saturated heterocycles. The van der Waals surface area contributed by atoms with Crippen molar-refractivity contribution in [2.24, 2.45) is 7.05 Å². The highest BCUT2D eigenvalue weighted by Gasteiger charge is 2.32. The number of hydrogen-bond donors (Lipinski definition) is 2. The normalized spacial score (nSPS) is 16.4. The lowest BCUT2D eigenvalue weighted by Gasteiger charge is -2.34. The van der Waals surface area contributed by atoms with E-state index in [1.54, 1.807) is 35.2 Å². The SMILES string of the molecule is Cc1cc2cc(NC(=O)c3cc(NC(=O)CCCOc4cc5c(cc4C)C(=O)N4CCCC[C@H]4CC5)cn3C)ccc2s1. The van der Waals surface area contributed by atoms with E-state index >= 15 is 0 Å². The zero-order chi connectivity index (χ0) is 30.1. The van der Waals surface area contributed by atoms with Gasteiger partial charge in [0, 0.05) is 53.1 Å². The van der Waals surface area contributed by atoms with Gasteiger partial charge in [0.1, 0.15) is 11.4 Å². The number of anilines is 2. The van der Waals surface area contributed by atoms with E-state index < -0.39 is 0 Å². The van der Waals surface area contributed by atoms with Gasteiger partial charge in [0.2, 0.25) is 5.91 Å². The summed E-state index contributed by atoms with van der Waals surface area (Å²) in [5.74, 6) is 0.552. The van der Waals surface area contributed by atoms with E-state index in [1.165, 1.54) is 16.0 Å². The molecule has 9 heteroatoms. The summed E-state index contributed by atoms with van der Waals surface area (Å²) < 4.78 is 8.97. The van der Waals surface area contributed by atoms with Crippen LogP contribution in [0, 0.1) is 13.8 Å². The minimum atomic E-state index is -0.239. The van der Waals surface area contributed by atoms with Crippen LogP contribution in [0.15, 0.2) is 48.7 Å². The third kappa shape index (κ3) is 6.32. The lowest BCUT2D eigenvalue weighted by Crippen LogP contribution is -2.42. The Balaban J connectivity index is 1.00. The highest BCUT2D eigenvalue weighted by Crippen LogP contribution is 2.32. The number of nitrogens with zero attached hydrogens (tertiary/aromatic N) is 2. The number of nitrogens with one attached hydrogen (secondary N) is 2. The van der Waals surface area contributed by atoms with E-state index in [-0.39, 0.29) is 24.1 Å². The fourth-order valence-electron chi connectivity index (χ4n) is 6.28. The van der Waals surface area contributed by atoms with E-state index in [2.05, 4.69) is 28.5 Å². The first-order valence-electron chi connectivity index (χ1n) is 15.1. The predicted molar refractivity (Wildman–Crippen MR) is 171 cm³/mol. The third-order valence-corrected chi connectivity index (χ3v) is 9.52. The second kappa shape index (κ2) is 12.2. The molecule has 0 radical (unpaired) electrons. The fraction of sp³-hybridized carbons (Fsp3) is 0.382. The topological polar surface area (TPSA) is 92.7 Å². The van der Waals surface area contributed by atoms with Gasteiger partial charge in [-0.3, -0.25) is 14.4 Å². The lowest BCUT2D eigenvalue weighted by molar-refractivity contribution is -0.116. The van der Waals surface area contributed by atoms with Crippen LogP contribution in [-0.2, 0) is 18.3 Å². The number of amides is 3. The van der Waals surface area contributed by atoms with Gasteiger partial charge in [-0.25, -0.2) is 0 Å². The number of hydrogen-bond acceptors (Lipinski definition) is 5. The summed E-state index contributed by atoms with van der Waals surface area (Å²) in [4.78, 5) is 42.2. The molecule has 8 nitrogen and oxygen atoms in total. The molecule has 2 aromatic carbocycles. The molecule has 0 saturated carbocycles. The summed E-state index contributed by atoms with van der Waals surface area (Å²) in [6, 6.07) is 14.0. The number of carbonyl (C=O) groups is 3. The Morgan fingerprint density at radius 3 is 2.74 bits per heavy atom. The maximum atomic E-state index is 13.2. The van der Waals surface area contributed by atoms with Crippen LogP contribution in [0.5, 0.6) is 5.75 Å². The van der Waals surface area contributed by atoms with Gasteiger partial charge in [-0.2, -0.15) is 0 Å². The zero-order valence-corrected chi connectivity index (χ0v) is 25.8. The molecule has 3 amide bonds. The summed E-state index contributed by atoms with van der Waals surface area (Å²) in [6.45, 7) is 5.29. The Morgan fingerprint density at radius 1 is 1.02 bits per heavy atom. The Hall–Kier alpha value is -4.11. The van der Waals surface area contributed by atoms with Gasteiger partial charge in [-0.1, -0.05) is 0 Å². The smallest absolute Gasteiger partial charge is 0.272 e. The van der Waals surface area contributed by atoms with Gasteiger partial charge < -0.3 is 24.8 Å². The van der Waals surface area contributed by atoms with Crippen LogP contribution in [0.25, 0.3) is 10.1 Å². The van der Waals surface area contributed by atoms with Crippen molar-refractivity contribution in [3.63, 3.8) is 0 Å². The van der Waals surface area contributed by atoms with Gasteiger partial charge in [0.15, 0.2) is 0 Å². The van der Waals surface area contributed by atoms with Crippen LogP contribution in [0.4, 0.5) is 11.4 Å². The van der Waals surface area contributed by atoms with Crippen molar-refractivity contribution < 1.29 is 19.1 Å². The minimum absolute atomic E-state index is 0.139. The minimum Gasteiger partial charge on any atom is -0.493 e. The Labute approximate surface area is 256 Å². The van der Waals surface area contributed by atoms with Crippen LogP contribution >= 0.6 is 11.3 Å². The molecular weight excluding hydrogens is 560 g/mol. The number of aromatic nitrogens is 1. The van der Waals surface area contributed by atoms with Crippen molar-refractivity contribution in [2.45, 2.75) is 64.8 Å². The number of aryl methyl sites for hydroxylation is 4. The molecule has 4 aromatic rings. The van der Waals surface area contributed by atoms with Crippen molar-refractivity contribution in [3.8, 4) is 5.75 Å². The Kier molecular flexibility index (Phi) is 8.25. The Morgan fingerprint density at radius 2 is 1.88 bits per heavy atom. The number of rotatable bonds is 8. The second-order valence-electron chi connectivity index (χ2n) is 11.8. The Bertz CT molecular complexity index is 1700. The van der Waals surface area contributed by atoms with Crippen molar-refractivity contribution >= 4 is 50.5 Å². The molecule has 2 aliphatic heterocycles. The van der Waals surface area contributed by atoms with E-state index in [1.807, 2.05) is 37.3 Å². The average molecular weight is 599 g/mol. The summed E-state index contributed by atoms with van der Waals surface area (Å²) in [6.07, 6.45) is 7.81. The van der Waals surface area contributed by atoms with E-state index in [0.29, 0.717) is 30.5 Å². The van der Waals surface area contributed by atoms with Gasteiger partial charge >= 0.3 is 0 Å². The van der Waals surface area contributed by atoms with Crippen molar-refractivity contribution in [2.75, 3.05) is 23.8 Å². The van der Waals surface area contributed by atoms with Crippen LogP contribution in [0.3, 0.4) is 0 Å². The maximum absolute atomic E-state index is 13.2. The van der Waals surface area contributed by atoms with Crippen LogP contribution < -0.4 is 15.4 Å². The number of carbonyl (C=O) groups excluding carboxylic acids is 3. The molecule has 4 heterocycles. The highest BCUT2D eigenvalue weighted by molar-refractivity contribution is 7.19. The summed E-state index contributed by atoms with van der Waals surface area (Å²) in [5.41, 5.74) is 4.56. The quantitative estimate of drug-likeness (QED) is 0.217. The number of ether oxygens (including phenoxy) is 1. The fourth-order valence-corrected chi connectivity index (χ4v) is 7.19. The molecule has 1 fully saturated rings. The number of piperidine rings is 1. The molecule has 2 N–H and O–H groups in total. The molecule has 224 valence electrons. The molecule has 43 heavy (non-hydrogen) atoms. The number of fused-ring (bicyclic) bond motifs is 3. The first kappa shape index (κ1) is 29.0. The largest absolute Gasteiger partial charge is 0.493 e. The zero-order valence-electron chi connectivity index (χ0n) is 25.0. The van der Waals surface area contributed by atoms with Gasteiger partial charge in [0.25, 0.3) is 11.8 Å². The molecule has 2 aromatic heterocycles. The number of thiophene rings is 1. The maximum Gasteiger partial charge on any atom is 0.272 e. The monoisotopic (exact) mass is 598 g/mol. The summed E-state index contributed by atoms with van der Waals surface area (Å²) >= 11 is 1.73. The van der Waals surface area contributed by atoms with Crippen LogP contribution in [0.2, 0.25) is 0 Å². The molecule has 0 unspecified atom stereocenters. The van der Waals surface area contributed by atoms with Gasteiger partial charge in [-0.05, 0) is 111 Å². The molecule has 1 atom stereocenters. The first-order valence-corrected chi connectivity index (χ1v) is 15.9. The molecular formula is C34H38N4O4S. The van der Waals surface area contributed by atoms with Crippen LogP contribution in [0.1, 0.15) is 75.4 Å². The van der Waals surface area contributed by atoms with Gasteiger partial charge in [0.05, 0.1) is 12.3 Å². The average Bonchev–Trinajstić information content (AvgIpc) is 3.51. The summed E-state index contributed by atoms with van der Waals surface area (Å²) in [7, 11) is 1.78. The molecule has 2 aliphatic rings. The lowest BCUT2D eigenvalue weighted by atomic mass is 9.97. The molecule has 6 rings (SSSR count). The van der Waals surface area contributed by atoms with Crippen molar-refractivity contribution in [1.82, 2.24) is 9.47 Å². The summed E-state index contributed by atoms with van der Waals surface area (Å²) in [5, 5.41) is 6.97. The molecule has 0 bridgehead atoms. The predicted octanol–water partition coefficient (Wildman–Crippen LogP) is 6.85. The van der Waals surface area contributed by atoms with E-state index in [4.69, 9.17) is 4.74 Å². The van der Waals surface area contributed by atoms with E-state index in [9.17, 15) is 14.4 Å². The van der Waals surface area contributed by atoms with Crippen LogP contribution in [-0.4, -0.2) is 46.4 Å². The van der Waals surface area contributed by atoms with Crippen molar-refractivity contribution in [1.29, 1.82) is 0 Å². The van der Waals surface area contributed by atoms with Crippen molar-refractivity contribution in [3.05, 3.63) is 75.9 Å². The highest BCUT2D eigenvalue weighted by atomic mass is 32.1. The van der Waals surface area contributed by atoms with E-state index in [0.717, 1.165) is 65.7 Å². The second-order valence-corrected chi connectivity index (χ2v) is 13.0. The molecule has 0 aliphatic carbocycles. The first-order chi connectivity index (χ1) is 20.7. The van der Waals surface area contributed by atoms with Gasteiger partial charge in [-0.15, -0.1) is 11.3 Å². The standard InChI is InChI=1S/C34H38N4O4S/c1-21-15-28-23(9-11-27-7-4-5-13-38(27)34(28)41)18-30(21)42-14-6-8-32(39)35-26-19-29(37(3)20-26)33(40)36-25-10-12-31-24(17-25)16-22(2)43-31/h10,12,15-20,27H,4-9,11,13-14H2,1-3H3,(H,35,39)(H,36,40)/t27-/m0/s1. The number of benzene rings is 2. The third-order valence-electron chi connectivity index (χ3n) is 8.49. The molecule has 0 spiro atoms.